The van der Waals surface area contributed by atoms with Gasteiger partial charge < -0.3 is 10.9 Å². The van der Waals surface area contributed by atoms with Gasteiger partial charge in [0, 0.05) is 6.54 Å². The Morgan fingerprint density at radius 2 is 2.12 bits per heavy atom. The topological polar surface area (TPSA) is 61.9 Å². The molecular formula is C11H15F2N3O. The molecule has 0 spiro atoms. The summed E-state index contributed by atoms with van der Waals surface area (Å²) in [6.45, 7) is 2.11. The van der Waals surface area contributed by atoms with E-state index in [4.69, 9.17) is 10.9 Å². The lowest BCUT2D eigenvalue weighted by Gasteiger charge is -2.23. The minimum absolute atomic E-state index is 0.0649. The Bertz CT molecular complexity index is 423. The first-order valence-electron chi connectivity index (χ1n) is 5.07. The molecule has 4 nitrogen and oxygen atoms in total. The highest BCUT2D eigenvalue weighted by molar-refractivity contribution is 5.84. The summed E-state index contributed by atoms with van der Waals surface area (Å²) in [5.74, 6) is -1.69. The van der Waals surface area contributed by atoms with Crippen LogP contribution in [0.25, 0.3) is 0 Å². The van der Waals surface area contributed by atoms with E-state index in [1.165, 1.54) is 6.07 Å². The van der Waals surface area contributed by atoms with E-state index in [9.17, 15) is 8.78 Å². The minimum atomic E-state index is -0.882. The Labute approximate surface area is 98.3 Å². The summed E-state index contributed by atoms with van der Waals surface area (Å²) in [7, 11) is 1.74. The molecular weight excluding hydrogens is 228 g/mol. The van der Waals surface area contributed by atoms with E-state index in [-0.39, 0.29) is 11.9 Å². The highest BCUT2D eigenvalue weighted by atomic mass is 19.2. The first-order valence-corrected chi connectivity index (χ1v) is 5.07. The van der Waals surface area contributed by atoms with Gasteiger partial charge in [0.2, 0.25) is 0 Å². The van der Waals surface area contributed by atoms with E-state index < -0.39 is 11.6 Å². The average Bonchev–Trinajstić information content (AvgIpc) is 2.31. The Morgan fingerprint density at radius 1 is 1.47 bits per heavy atom. The highest BCUT2D eigenvalue weighted by Crippen LogP contribution is 2.11. The molecule has 0 saturated heterocycles. The molecule has 0 saturated carbocycles. The van der Waals surface area contributed by atoms with E-state index in [1.54, 1.807) is 18.9 Å². The van der Waals surface area contributed by atoms with Crippen molar-refractivity contribution >= 4 is 5.84 Å². The Morgan fingerprint density at radius 3 is 2.65 bits per heavy atom. The van der Waals surface area contributed by atoms with Gasteiger partial charge in [-0.05, 0) is 31.7 Å². The van der Waals surface area contributed by atoms with E-state index >= 15 is 0 Å². The average molecular weight is 243 g/mol. The normalized spacial score (nSPS) is 14.1. The predicted octanol–water partition coefficient (Wildman–Crippen LogP) is 1.53. The molecule has 0 aliphatic carbocycles. The van der Waals surface area contributed by atoms with Crippen molar-refractivity contribution in [2.45, 2.75) is 19.5 Å². The zero-order chi connectivity index (χ0) is 13.0. The fraction of sp³-hybridized carbons (Fsp3) is 0.364. The SMILES string of the molecule is CC(/C(N)=N/O)N(C)Cc1ccc(F)c(F)c1. The van der Waals surface area contributed by atoms with Crippen molar-refractivity contribution < 1.29 is 14.0 Å². The Hall–Kier alpha value is -1.69. The maximum Gasteiger partial charge on any atom is 0.159 e. The number of hydrogen-bond acceptors (Lipinski definition) is 3. The first kappa shape index (κ1) is 13.4. The van der Waals surface area contributed by atoms with Crippen LogP contribution in [0.2, 0.25) is 0 Å². The molecule has 6 heteroatoms. The monoisotopic (exact) mass is 243 g/mol. The van der Waals surface area contributed by atoms with Gasteiger partial charge in [-0.25, -0.2) is 8.78 Å². The lowest BCUT2D eigenvalue weighted by atomic mass is 10.1. The molecule has 0 radical (unpaired) electrons. The second kappa shape index (κ2) is 5.58. The Balaban J connectivity index is 2.74. The van der Waals surface area contributed by atoms with Gasteiger partial charge in [0.1, 0.15) is 0 Å². The van der Waals surface area contributed by atoms with Crippen LogP contribution in [0.1, 0.15) is 12.5 Å². The van der Waals surface area contributed by atoms with Crippen LogP contribution in [-0.2, 0) is 6.54 Å². The smallest absolute Gasteiger partial charge is 0.159 e. The van der Waals surface area contributed by atoms with Gasteiger partial charge in [-0.15, -0.1) is 0 Å². The summed E-state index contributed by atoms with van der Waals surface area (Å²) < 4.78 is 25.7. The van der Waals surface area contributed by atoms with Crippen molar-refractivity contribution in [3.05, 3.63) is 35.4 Å². The molecule has 1 aromatic rings. The number of rotatable bonds is 4. The van der Waals surface area contributed by atoms with Crippen molar-refractivity contribution in [2.75, 3.05) is 7.05 Å². The fourth-order valence-electron chi connectivity index (χ4n) is 1.37. The van der Waals surface area contributed by atoms with Crippen LogP contribution in [0.15, 0.2) is 23.4 Å². The molecule has 0 aliphatic heterocycles. The second-order valence-electron chi connectivity index (χ2n) is 3.86. The van der Waals surface area contributed by atoms with Gasteiger partial charge in [-0.3, -0.25) is 4.90 Å². The zero-order valence-corrected chi connectivity index (χ0v) is 9.69. The van der Waals surface area contributed by atoms with Crippen LogP contribution in [0.4, 0.5) is 8.78 Å². The number of likely N-dealkylation sites (N-methyl/N-ethyl adjacent to an activating group) is 1. The third-order valence-corrected chi connectivity index (χ3v) is 2.62. The number of amidine groups is 1. The molecule has 0 fully saturated rings. The summed E-state index contributed by atoms with van der Waals surface area (Å²) in [6, 6.07) is 3.40. The number of nitrogens with zero attached hydrogens (tertiary/aromatic N) is 2. The minimum Gasteiger partial charge on any atom is -0.409 e. The fourth-order valence-corrected chi connectivity index (χ4v) is 1.37. The molecule has 1 aromatic carbocycles. The number of benzene rings is 1. The number of nitrogens with two attached hydrogens (primary N) is 1. The largest absolute Gasteiger partial charge is 0.409 e. The van der Waals surface area contributed by atoms with E-state index in [0.29, 0.717) is 12.1 Å². The molecule has 94 valence electrons. The van der Waals surface area contributed by atoms with Crippen LogP contribution in [0.3, 0.4) is 0 Å². The summed E-state index contributed by atoms with van der Waals surface area (Å²) >= 11 is 0. The van der Waals surface area contributed by atoms with Gasteiger partial charge in [-0.2, -0.15) is 0 Å². The van der Waals surface area contributed by atoms with E-state index in [1.807, 2.05) is 0 Å². The van der Waals surface area contributed by atoms with Gasteiger partial charge in [0.05, 0.1) is 6.04 Å². The van der Waals surface area contributed by atoms with Crippen molar-refractivity contribution in [3.63, 3.8) is 0 Å². The summed E-state index contributed by atoms with van der Waals surface area (Å²) in [4.78, 5) is 1.75. The standard InChI is InChI=1S/C11H15F2N3O/c1-7(11(14)15-17)16(2)6-8-3-4-9(12)10(13)5-8/h3-5,7,17H,6H2,1-2H3,(H2,14,15). The quantitative estimate of drug-likeness (QED) is 0.365. The molecule has 1 rings (SSSR count). The molecule has 3 N–H and O–H groups in total. The molecule has 0 bridgehead atoms. The molecule has 17 heavy (non-hydrogen) atoms. The van der Waals surface area contributed by atoms with Crippen LogP contribution >= 0.6 is 0 Å². The maximum absolute atomic E-state index is 13.0. The Kier molecular flexibility index (Phi) is 4.39. The lowest BCUT2D eigenvalue weighted by molar-refractivity contribution is 0.279. The van der Waals surface area contributed by atoms with Crippen molar-refractivity contribution in [2.24, 2.45) is 10.9 Å². The van der Waals surface area contributed by atoms with Gasteiger partial charge in [0.15, 0.2) is 17.5 Å². The molecule has 0 aliphatic rings. The molecule has 1 unspecified atom stereocenters. The number of halogens is 2. The summed E-state index contributed by atoms with van der Waals surface area (Å²) in [5.41, 5.74) is 6.06. The molecule has 0 heterocycles. The number of oxime groups is 1. The zero-order valence-electron chi connectivity index (χ0n) is 9.69. The van der Waals surface area contributed by atoms with Crippen LogP contribution < -0.4 is 5.73 Å². The van der Waals surface area contributed by atoms with Gasteiger partial charge in [-0.1, -0.05) is 11.2 Å². The second-order valence-corrected chi connectivity index (χ2v) is 3.86. The first-order chi connectivity index (χ1) is 7.95. The predicted molar refractivity (Wildman–Crippen MR) is 60.7 cm³/mol. The van der Waals surface area contributed by atoms with Gasteiger partial charge in [0.25, 0.3) is 0 Å². The van der Waals surface area contributed by atoms with E-state index in [2.05, 4.69) is 5.16 Å². The number of hydrogen-bond donors (Lipinski definition) is 2. The van der Waals surface area contributed by atoms with Crippen molar-refractivity contribution in [3.8, 4) is 0 Å². The highest BCUT2D eigenvalue weighted by Gasteiger charge is 2.14. The molecule has 0 amide bonds. The van der Waals surface area contributed by atoms with Crippen LogP contribution in [0, 0.1) is 11.6 Å². The van der Waals surface area contributed by atoms with Crippen LogP contribution in [-0.4, -0.2) is 29.0 Å². The molecule has 0 aromatic heterocycles. The van der Waals surface area contributed by atoms with E-state index in [0.717, 1.165) is 12.1 Å². The third-order valence-electron chi connectivity index (χ3n) is 2.62. The lowest BCUT2D eigenvalue weighted by Crippen LogP contribution is -2.40. The van der Waals surface area contributed by atoms with Crippen molar-refractivity contribution in [1.29, 1.82) is 0 Å². The maximum atomic E-state index is 13.0. The summed E-state index contributed by atoms with van der Waals surface area (Å²) in [5, 5.41) is 11.4. The third kappa shape index (κ3) is 3.39. The van der Waals surface area contributed by atoms with Crippen LogP contribution in [0.5, 0.6) is 0 Å². The van der Waals surface area contributed by atoms with Crippen molar-refractivity contribution in [1.82, 2.24) is 4.90 Å². The summed E-state index contributed by atoms with van der Waals surface area (Å²) in [6.07, 6.45) is 0. The molecule has 1 atom stereocenters. The van der Waals surface area contributed by atoms with Gasteiger partial charge >= 0.3 is 0 Å².